The van der Waals surface area contributed by atoms with Gasteiger partial charge in [0.1, 0.15) is 0 Å². The molecule has 0 aromatic heterocycles. The van der Waals surface area contributed by atoms with Crippen LogP contribution in [0.2, 0.25) is 0 Å². The van der Waals surface area contributed by atoms with Crippen molar-refractivity contribution < 1.29 is 9.53 Å². The Bertz CT molecular complexity index is 280. The van der Waals surface area contributed by atoms with Crippen molar-refractivity contribution in [2.75, 3.05) is 6.61 Å². The number of hydrogen-bond acceptors (Lipinski definition) is 2. The first-order chi connectivity index (χ1) is 6.09. The van der Waals surface area contributed by atoms with E-state index in [0.717, 1.165) is 0 Å². The second-order valence-electron chi connectivity index (χ2n) is 4.42. The number of allylic oxidation sites excluding steroid dienone is 1. The molecule has 0 aromatic carbocycles. The Labute approximate surface area is 79.0 Å². The topological polar surface area (TPSA) is 26.3 Å². The molecule has 0 saturated heterocycles. The van der Waals surface area contributed by atoms with Gasteiger partial charge in [-0.05, 0) is 25.3 Å². The summed E-state index contributed by atoms with van der Waals surface area (Å²) in [5, 5.41) is 0. The normalized spacial score (nSPS) is 28.7. The first kappa shape index (κ1) is 8.79. The Hall–Kier alpha value is -0.790. The van der Waals surface area contributed by atoms with Gasteiger partial charge in [0.2, 0.25) is 0 Å². The summed E-state index contributed by atoms with van der Waals surface area (Å²) >= 11 is 0. The van der Waals surface area contributed by atoms with Gasteiger partial charge < -0.3 is 4.74 Å². The van der Waals surface area contributed by atoms with Gasteiger partial charge in [-0.15, -0.1) is 0 Å². The molecule has 13 heavy (non-hydrogen) atoms. The van der Waals surface area contributed by atoms with Crippen molar-refractivity contribution in [2.24, 2.45) is 11.3 Å². The number of carbonyl (C=O) groups is 1. The van der Waals surface area contributed by atoms with Gasteiger partial charge in [0.05, 0.1) is 12.5 Å². The lowest BCUT2D eigenvalue weighted by Gasteiger charge is -2.00. The lowest BCUT2D eigenvalue weighted by atomic mass is 10.1. The van der Waals surface area contributed by atoms with E-state index in [1.54, 1.807) is 0 Å². The number of hydrogen-bond donors (Lipinski definition) is 0. The van der Waals surface area contributed by atoms with Crippen LogP contribution in [0.4, 0.5) is 0 Å². The third-order valence-corrected chi connectivity index (χ3v) is 3.02. The molecule has 2 heteroatoms. The van der Waals surface area contributed by atoms with Crippen LogP contribution in [-0.2, 0) is 9.53 Å². The Balaban J connectivity index is 2.11. The lowest BCUT2D eigenvalue weighted by Crippen LogP contribution is -2.09. The average molecular weight is 180 g/mol. The van der Waals surface area contributed by atoms with E-state index in [4.69, 9.17) is 4.74 Å². The van der Waals surface area contributed by atoms with Crippen molar-refractivity contribution >= 4 is 5.97 Å². The lowest BCUT2D eigenvalue weighted by molar-refractivity contribution is -0.145. The maximum absolute atomic E-state index is 11.5. The van der Waals surface area contributed by atoms with Crippen molar-refractivity contribution in [2.45, 2.75) is 33.6 Å². The van der Waals surface area contributed by atoms with Gasteiger partial charge in [-0.3, -0.25) is 4.79 Å². The molecule has 1 atom stereocenters. The number of rotatable bonds is 2. The van der Waals surface area contributed by atoms with Crippen LogP contribution in [0.3, 0.4) is 0 Å². The van der Waals surface area contributed by atoms with Gasteiger partial charge in [-0.2, -0.15) is 0 Å². The Kier molecular flexibility index (Phi) is 1.76. The minimum Gasteiger partial charge on any atom is -0.466 e. The molecule has 1 unspecified atom stereocenters. The quantitative estimate of drug-likeness (QED) is 0.481. The Morgan fingerprint density at radius 2 is 2.15 bits per heavy atom. The van der Waals surface area contributed by atoms with E-state index in [2.05, 4.69) is 13.8 Å². The molecule has 0 amide bonds. The van der Waals surface area contributed by atoms with Crippen molar-refractivity contribution in [3.05, 3.63) is 11.1 Å². The summed E-state index contributed by atoms with van der Waals surface area (Å²) in [5.41, 5.74) is 2.96. The van der Waals surface area contributed by atoms with E-state index in [-0.39, 0.29) is 17.3 Å². The van der Waals surface area contributed by atoms with Crippen LogP contribution in [-0.4, -0.2) is 12.6 Å². The molecule has 2 aliphatic rings. The summed E-state index contributed by atoms with van der Waals surface area (Å²) in [4.78, 5) is 11.5. The van der Waals surface area contributed by atoms with Gasteiger partial charge in [0, 0.05) is 5.41 Å². The molecule has 2 saturated carbocycles. The van der Waals surface area contributed by atoms with Crippen LogP contribution in [0.15, 0.2) is 11.1 Å². The molecule has 2 rings (SSSR count). The minimum atomic E-state index is -0.0260. The van der Waals surface area contributed by atoms with Gasteiger partial charge in [-0.1, -0.05) is 19.4 Å². The zero-order chi connectivity index (χ0) is 9.64. The van der Waals surface area contributed by atoms with Crippen molar-refractivity contribution in [1.82, 2.24) is 0 Å². The minimum absolute atomic E-state index is 0.0260. The molecule has 0 spiro atoms. The molecular weight excluding hydrogens is 164 g/mol. The summed E-state index contributed by atoms with van der Waals surface area (Å²) in [7, 11) is 0. The number of esters is 1. The molecule has 0 N–H and O–H groups in total. The maximum Gasteiger partial charge on any atom is 0.313 e. The highest BCUT2D eigenvalue weighted by atomic mass is 16.5. The van der Waals surface area contributed by atoms with Gasteiger partial charge in [0.25, 0.3) is 0 Å². The molecule has 0 radical (unpaired) electrons. The van der Waals surface area contributed by atoms with Crippen molar-refractivity contribution in [1.29, 1.82) is 0 Å². The summed E-state index contributed by atoms with van der Waals surface area (Å²) in [6.45, 7) is 6.62. The van der Waals surface area contributed by atoms with Gasteiger partial charge >= 0.3 is 5.97 Å². The van der Waals surface area contributed by atoms with Crippen LogP contribution >= 0.6 is 0 Å². The highest BCUT2D eigenvalue weighted by Crippen LogP contribution is 2.63. The highest BCUT2D eigenvalue weighted by molar-refractivity contribution is 5.84. The highest BCUT2D eigenvalue weighted by Gasteiger charge is 2.60. The van der Waals surface area contributed by atoms with Crippen LogP contribution in [0, 0.1) is 11.3 Å². The number of carbonyl (C=O) groups excluding carboxylic acids is 1. The second-order valence-corrected chi connectivity index (χ2v) is 4.42. The van der Waals surface area contributed by atoms with E-state index in [1.165, 1.54) is 24.0 Å². The number of ether oxygens (including phenoxy) is 1. The smallest absolute Gasteiger partial charge is 0.313 e. The Morgan fingerprint density at radius 3 is 2.62 bits per heavy atom. The predicted molar refractivity (Wildman–Crippen MR) is 50.2 cm³/mol. The maximum atomic E-state index is 11.5. The molecule has 0 heterocycles. The zero-order valence-corrected chi connectivity index (χ0v) is 8.52. The fraction of sp³-hybridized carbons (Fsp3) is 0.727. The van der Waals surface area contributed by atoms with Gasteiger partial charge in [0.15, 0.2) is 0 Å². The summed E-state index contributed by atoms with van der Waals surface area (Å²) in [5.74, 6) is 0.0480. The molecule has 0 bridgehead atoms. The third kappa shape index (κ3) is 1.28. The molecule has 0 aliphatic heterocycles. The van der Waals surface area contributed by atoms with E-state index in [1.807, 2.05) is 6.92 Å². The fourth-order valence-electron chi connectivity index (χ4n) is 2.18. The summed E-state index contributed by atoms with van der Waals surface area (Å²) in [6.07, 6.45) is 2.41. The molecule has 2 aliphatic carbocycles. The predicted octanol–water partition coefficient (Wildman–Crippen LogP) is 2.30. The van der Waals surface area contributed by atoms with Gasteiger partial charge in [-0.25, -0.2) is 0 Å². The monoisotopic (exact) mass is 180 g/mol. The second kappa shape index (κ2) is 2.60. The molecule has 0 aromatic rings. The summed E-state index contributed by atoms with van der Waals surface area (Å²) < 4.78 is 5.04. The molecular formula is C11H16O2. The zero-order valence-electron chi connectivity index (χ0n) is 8.52. The largest absolute Gasteiger partial charge is 0.466 e. The fourth-order valence-corrected chi connectivity index (χ4v) is 2.18. The van der Waals surface area contributed by atoms with Crippen LogP contribution in [0.25, 0.3) is 0 Å². The van der Waals surface area contributed by atoms with Crippen molar-refractivity contribution in [3.8, 4) is 0 Å². The van der Waals surface area contributed by atoms with Crippen LogP contribution < -0.4 is 0 Å². The first-order valence-corrected chi connectivity index (χ1v) is 4.98. The van der Waals surface area contributed by atoms with E-state index in [9.17, 15) is 4.79 Å². The van der Waals surface area contributed by atoms with Crippen LogP contribution in [0.5, 0.6) is 0 Å². The average Bonchev–Trinajstić information content (AvgIpc) is 2.85. The summed E-state index contributed by atoms with van der Waals surface area (Å²) in [6, 6.07) is 0. The van der Waals surface area contributed by atoms with E-state index >= 15 is 0 Å². The SMILES string of the molecule is CCOC(=O)C1C(=C2CC2)C1(C)C. The van der Waals surface area contributed by atoms with E-state index < -0.39 is 0 Å². The van der Waals surface area contributed by atoms with E-state index in [0.29, 0.717) is 6.61 Å². The third-order valence-electron chi connectivity index (χ3n) is 3.02. The molecule has 72 valence electrons. The standard InChI is InChI=1S/C11H16O2/c1-4-13-10(12)9-8(7-5-6-7)11(9,2)3/h9H,4-6H2,1-3H3. The van der Waals surface area contributed by atoms with Crippen LogP contribution in [0.1, 0.15) is 33.6 Å². The molecule has 2 nitrogen and oxygen atoms in total. The molecule has 2 fully saturated rings. The Morgan fingerprint density at radius 1 is 1.54 bits per heavy atom. The first-order valence-electron chi connectivity index (χ1n) is 4.98. The van der Waals surface area contributed by atoms with Crippen molar-refractivity contribution in [3.63, 3.8) is 0 Å².